The van der Waals surface area contributed by atoms with Crippen LogP contribution in [0.25, 0.3) is 11.1 Å². The van der Waals surface area contributed by atoms with Gasteiger partial charge >= 0.3 is 0 Å². The Morgan fingerprint density at radius 2 is 2.03 bits per heavy atom. The maximum atomic E-state index is 14.7. The van der Waals surface area contributed by atoms with Gasteiger partial charge in [-0.1, -0.05) is 0 Å². The fraction of sp³-hybridized carbons (Fsp3) is 0.478. The first-order valence-electron chi connectivity index (χ1n) is 10.3. The average molecular weight is 434 g/mol. The molecule has 1 aromatic carbocycles. The van der Waals surface area contributed by atoms with E-state index in [9.17, 15) is 9.18 Å². The maximum Gasteiger partial charge on any atom is 0.242 e. The molecule has 5 nitrogen and oxygen atoms in total. The zero-order valence-electron chi connectivity index (χ0n) is 17.9. The lowest BCUT2D eigenvalue weighted by molar-refractivity contribution is -0.131. The fourth-order valence-corrected chi connectivity index (χ4v) is 4.57. The lowest BCUT2D eigenvalue weighted by Gasteiger charge is -2.24. The molecule has 7 heteroatoms. The number of carbonyl (C=O) groups is 1. The highest BCUT2D eigenvalue weighted by molar-refractivity contribution is 5.88. The second-order valence-corrected chi connectivity index (χ2v) is 8.17. The molecule has 1 amide bonds. The van der Waals surface area contributed by atoms with E-state index < -0.39 is 5.54 Å². The molecule has 1 N–H and O–H groups in total. The van der Waals surface area contributed by atoms with Crippen molar-refractivity contribution in [2.75, 3.05) is 20.2 Å². The molecule has 0 radical (unpaired) electrons. The third kappa shape index (κ3) is 3.79. The number of nitrogens with one attached hydrogen (secondary N) is 1. The number of hydrogen-bond donors (Lipinski definition) is 1. The molecule has 2 atom stereocenters. The van der Waals surface area contributed by atoms with E-state index in [0.29, 0.717) is 17.9 Å². The number of rotatable bonds is 4. The number of halogens is 2. The van der Waals surface area contributed by atoms with Crippen molar-refractivity contribution in [3.63, 3.8) is 0 Å². The van der Waals surface area contributed by atoms with Crippen LogP contribution in [-0.2, 0) is 4.79 Å². The van der Waals surface area contributed by atoms with Crippen LogP contribution in [0.5, 0.6) is 5.75 Å². The molecule has 4 rings (SSSR count). The lowest BCUT2D eigenvalue weighted by Crippen LogP contribution is -2.47. The van der Waals surface area contributed by atoms with E-state index in [4.69, 9.17) is 9.72 Å². The zero-order valence-corrected chi connectivity index (χ0v) is 18.7. The SMILES string of the molecule is CCOc1ccc(F)c(-c2cc([C@H]3CC[C@@]4(CCN(C)C4=O)N3)nc(C)c2C)c1.Cl. The van der Waals surface area contributed by atoms with E-state index in [-0.39, 0.29) is 30.2 Å². The molecule has 0 bridgehead atoms. The van der Waals surface area contributed by atoms with E-state index in [0.717, 1.165) is 48.3 Å². The molecule has 30 heavy (non-hydrogen) atoms. The minimum absolute atomic E-state index is 0. The van der Waals surface area contributed by atoms with Gasteiger partial charge in [0.05, 0.1) is 18.3 Å². The number of likely N-dealkylation sites (tertiary alicyclic amines) is 1. The first kappa shape index (κ1) is 22.5. The largest absolute Gasteiger partial charge is 0.494 e. The Morgan fingerprint density at radius 3 is 2.70 bits per heavy atom. The molecule has 162 valence electrons. The highest BCUT2D eigenvalue weighted by atomic mass is 35.5. The van der Waals surface area contributed by atoms with Crippen molar-refractivity contribution >= 4 is 18.3 Å². The van der Waals surface area contributed by atoms with Crippen LogP contribution < -0.4 is 10.1 Å². The van der Waals surface area contributed by atoms with Gasteiger partial charge in [0.1, 0.15) is 17.1 Å². The summed E-state index contributed by atoms with van der Waals surface area (Å²) in [4.78, 5) is 19.2. The van der Waals surface area contributed by atoms with Crippen molar-refractivity contribution in [3.8, 4) is 16.9 Å². The number of benzene rings is 1. The summed E-state index contributed by atoms with van der Waals surface area (Å²) < 4.78 is 20.3. The Kier molecular flexibility index (Phi) is 6.39. The smallest absolute Gasteiger partial charge is 0.242 e. The third-order valence-corrected chi connectivity index (χ3v) is 6.37. The Balaban J connectivity index is 0.00000256. The molecular weight excluding hydrogens is 405 g/mol. The number of hydrogen-bond acceptors (Lipinski definition) is 4. The molecule has 2 aliphatic heterocycles. The summed E-state index contributed by atoms with van der Waals surface area (Å²) >= 11 is 0. The minimum atomic E-state index is -0.472. The van der Waals surface area contributed by atoms with E-state index >= 15 is 0 Å². The van der Waals surface area contributed by atoms with Crippen molar-refractivity contribution < 1.29 is 13.9 Å². The standard InChI is InChI=1S/C23H28FN3O2.ClH/c1-5-29-16-6-7-19(24)18(12-16)17-13-21(25-15(3)14(17)2)20-8-9-23(26-20)10-11-27(4)22(23)28;/h6-7,12-13,20,26H,5,8-11H2,1-4H3;1H/t20-,23+;/m1./s1. The van der Waals surface area contributed by atoms with Crippen LogP contribution in [0.2, 0.25) is 0 Å². The van der Waals surface area contributed by atoms with Crippen LogP contribution in [0.4, 0.5) is 4.39 Å². The van der Waals surface area contributed by atoms with Crippen molar-refractivity contribution in [3.05, 3.63) is 47.0 Å². The third-order valence-electron chi connectivity index (χ3n) is 6.37. The van der Waals surface area contributed by atoms with Gasteiger partial charge in [0.15, 0.2) is 0 Å². The maximum absolute atomic E-state index is 14.7. The Bertz CT molecular complexity index is 968. The second-order valence-electron chi connectivity index (χ2n) is 8.17. The fourth-order valence-electron chi connectivity index (χ4n) is 4.57. The van der Waals surface area contributed by atoms with Gasteiger partial charge in [0.2, 0.25) is 5.91 Å². The van der Waals surface area contributed by atoms with Crippen molar-refractivity contribution in [1.29, 1.82) is 0 Å². The molecule has 1 spiro atoms. The summed E-state index contributed by atoms with van der Waals surface area (Å²) in [5.74, 6) is 0.535. The number of carbonyl (C=O) groups excluding carboxylic acids is 1. The van der Waals surface area contributed by atoms with E-state index in [1.54, 1.807) is 17.0 Å². The Labute approximate surface area is 183 Å². The number of nitrogens with zero attached hydrogens (tertiary/aromatic N) is 2. The minimum Gasteiger partial charge on any atom is -0.494 e. The normalized spacial score (nSPS) is 23.2. The number of ether oxygens (including phenoxy) is 1. The lowest BCUT2D eigenvalue weighted by atomic mass is 9.95. The van der Waals surface area contributed by atoms with Crippen LogP contribution in [0.3, 0.4) is 0 Å². The summed E-state index contributed by atoms with van der Waals surface area (Å²) in [6.45, 7) is 7.13. The highest BCUT2D eigenvalue weighted by Gasteiger charge is 2.50. The summed E-state index contributed by atoms with van der Waals surface area (Å²) in [6.07, 6.45) is 2.47. The Morgan fingerprint density at radius 1 is 1.27 bits per heavy atom. The second kappa shape index (κ2) is 8.52. The molecule has 2 aliphatic rings. The molecule has 2 aromatic rings. The van der Waals surface area contributed by atoms with E-state index in [2.05, 4.69) is 5.32 Å². The van der Waals surface area contributed by atoms with Gasteiger partial charge in [-0.25, -0.2) is 4.39 Å². The molecule has 3 heterocycles. The predicted molar refractivity (Wildman–Crippen MR) is 118 cm³/mol. The average Bonchev–Trinajstić information content (AvgIpc) is 3.26. The Hall–Kier alpha value is -2.18. The molecule has 0 unspecified atom stereocenters. The summed E-state index contributed by atoms with van der Waals surface area (Å²) in [5.41, 5.74) is 3.56. The summed E-state index contributed by atoms with van der Waals surface area (Å²) in [5, 5.41) is 3.56. The first-order chi connectivity index (χ1) is 13.8. The summed E-state index contributed by atoms with van der Waals surface area (Å²) in [7, 11) is 1.85. The molecule has 1 aromatic heterocycles. The number of likely N-dealkylation sites (N-methyl/N-ethyl adjacent to an activating group) is 1. The number of pyridine rings is 1. The van der Waals surface area contributed by atoms with Crippen LogP contribution in [0, 0.1) is 19.7 Å². The van der Waals surface area contributed by atoms with Gasteiger partial charge < -0.3 is 9.64 Å². The predicted octanol–water partition coefficient (Wildman–Crippen LogP) is 4.35. The number of aryl methyl sites for hydroxylation is 1. The van der Waals surface area contributed by atoms with Crippen molar-refractivity contribution in [2.24, 2.45) is 0 Å². The van der Waals surface area contributed by atoms with Crippen LogP contribution in [0.1, 0.15) is 49.2 Å². The van der Waals surface area contributed by atoms with Gasteiger partial charge in [0.25, 0.3) is 0 Å². The van der Waals surface area contributed by atoms with E-state index in [1.165, 1.54) is 6.07 Å². The van der Waals surface area contributed by atoms with Gasteiger partial charge in [-0.3, -0.25) is 15.1 Å². The topological polar surface area (TPSA) is 54.5 Å². The van der Waals surface area contributed by atoms with Crippen LogP contribution in [-0.4, -0.2) is 41.5 Å². The molecule has 0 aliphatic carbocycles. The van der Waals surface area contributed by atoms with Gasteiger partial charge in [-0.15, -0.1) is 12.4 Å². The quantitative estimate of drug-likeness (QED) is 0.778. The molecule has 2 fully saturated rings. The molecule has 0 saturated carbocycles. The molecular formula is C23H29ClFN3O2. The first-order valence-corrected chi connectivity index (χ1v) is 10.3. The molecule has 2 saturated heterocycles. The summed E-state index contributed by atoms with van der Waals surface area (Å²) in [6, 6.07) is 6.81. The van der Waals surface area contributed by atoms with Crippen molar-refractivity contribution in [1.82, 2.24) is 15.2 Å². The van der Waals surface area contributed by atoms with E-state index in [1.807, 2.05) is 33.9 Å². The van der Waals surface area contributed by atoms with Gasteiger partial charge in [-0.05, 0) is 75.4 Å². The number of amides is 1. The monoisotopic (exact) mass is 433 g/mol. The van der Waals surface area contributed by atoms with Crippen LogP contribution in [0.15, 0.2) is 24.3 Å². The van der Waals surface area contributed by atoms with Crippen LogP contribution >= 0.6 is 12.4 Å². The number of aromatic nitrogens is 1. The highest BCUT2D eigenvalue weighted by Crippen LogP contribution is 2.40. The van der Waals surface area contributed by atoms with Crippen molar-refractivity contribution in [2.45, 2.75) is 51.6 Å². The van der Waals surface area contributed by atoms with Gasteiger partial charge in [-0.2, -0.15) is 0 Å². The zero-order chi connectivity index (χ0) is 20.8. The van der Waals surface area contributed by atoms with Gasteiger partial charge in [0, 0.05) is 24.8 Å².